The molecule has 1 heterocycles. The first-order valence-corrected chi connectivity index (χ1v) is 6.47. The normalized spacial score (nSPS) is 25.2. The van der Waals surface area contributed by atoms with Crippen LogP contribution in [0.15, 0.2) is 0 Å². The molecule has 0 radical (unpaired) electrons. The Bertz CT molecular complexity index is 169. The highest BCUT2D eigenvalue weighted by atomic mass is 32.2. The van der Waals surface area contributed by atoms with Crippen molar-refractivity contribution in [2.75, 3.05) is 11.5 Å². The minimum atomic E-state index is -0.132. The van der Waals surface area contributed by atoms with E-state index in [1.807, 2.05) is 18.7 Å². The molecule has 76 valence electrons. The van der Waals surface area contributed by atoms with Crippen LogP contribution in [0, 0.1) is 0 Å². The first-order valence-electron chi connectivity index (χ1n) is 4.80. The molecule has 0 aliphatic carbocycles. The fraction of sp³-hybridized carbons (Fsp3) is 0.889. The van der Waals surface area contributed by atoms with Gasteiger partial charge in [-0.15, -0.1) is 0 Å². The maximum Gasteiger partial charge on any atom is 0.233 e. The van der Waals surface area contributed by atoms with Crippen molar-refractivity contribution in [3.8, 4) is 0 Å². The number of hydrogen-bond acceptors (Lipinski definition) is 3. The number of thiol groups is 1. The summed E-state index contributed by atoms with van der Waals surface area (Å²) in [5.41, 5.74) is 0. The van der Waals surface area contributed by atoms with Crippen molar-refractivity contribution >= 4 is 30.3 Å². The first-order chi connectivity index (χ1) is 6.24. The Balaban J connectivity index is 2.26. The summed E-state index contributed by atoms with van der Waals surface area (Å²) < 4.78 is 0. The van der Waals surface area contributed by atoms with Gasteiger partial charge in [-0.3, -0.25) is 4.79 Å². The Morgan fingerprint density at radius 2 is 2.54 bits per heavy atom. The molecule has 2 atom stereocenters. The van der Waals surface area contributed by atoms with Gasteiger partial charge in [0.25, 0.3) is 0 Å². The van der Waals surface area contributed by atoms with E-state index in [0.29, 0.717) is 6.04 Å². The zero-order chi connectivity index (χ0) is 9.68. The molecule has 2 unspecified atom stereocenters. The topological polar surface area (TPSA) is 29.1 Å². The molecule has 0 saturated carbocycles. The lowest BCUT2D eigenvalue weighted by atomic mass is 10.2. The van der Waals surface area contributed by atoms with Gasteiger partial charge in [0.2, 0.25) is 5.91 Å². The Hall–Kier alpha value is 0.170. The molecule has 0 aromatic heterocycles. The van der Waals surface area contributed by atoms with Crippen LogP contribution in [0.1, 0.15) is 26.2 Å². The molecule has 1 saturated heterocycles. The number of hydrogen-bond donors (Lipinski definition) is 2. The molecule has 0 aromatic rings. The summed E-state index contributed by atoms with van der Waals surface area (Å²) in [4.78, 5) is 11.4. The molecule has 1 N–H and O–H groups in total. The van der Waals surface area contributed by atoms with Gasteiger partial charge in [0.1, 0.15) is 0 Å². The standard InChI is InChI=1S/C9H17NOS2/c1-2-8(12)9(11)10-7-4-3-5-13-6-7/h7-8,12H,2-6H2,1H3,(H,10,11). The summed E-state index contributed by atoms with van der Waals surface area (Å²) in [6.45, 7) is 1.98. The van der Waals surface area contributed by atoms with Crippen molar-refractivity contribution in [2.24, 2.45) is 0 Å². The van der Waals surface area contributed by atoms with E-state index < -0.39 is 0 Å². The minimum Gasteiger partial charge on any atom is -0.352 e. The van der Waals surface area contributed by atoms with Crippen LogP contribution in [0.4, 0.5) is 0 Å². The lowest BCUT2D eigenvalue weighted by Crippen LogP contribution is -2.42. The largest absolute Gasteiger partial charge is 0.352 e. The average Bonchev–Trinajstić information content (AvgIpc) is 2.18. The smallest absolute Gasteiger partial charge is 0.233 e. The van der Waals surface area contributed by atoms with E-state index in [1.54, 1.807) is 0 Å². The average molecular weight is 219 g/mol. The Labute approximate surface area is 89.6 Å². The van der Waals surface area contributed by atoms with Crippen molar-refractivity contribution in [2.45, 2.75) is 37.5 Å². The Morgan fingerprint density at radius 3 is 3.08 bits per heavy atom. The summed E-state index contributed by atoms with van der Waals surface area (Å²) in [6, 6.07) is 0.382. The second-order valence-electron chi connectivity index (χ2n) is 3.35. The highest BCUT2D eigenvalue weighted by molar-refractivity contribution is 7.99. The summed E-state index contributed by atoms with van der Waals surface area (Å²) in [7, 11) is 0. The quantitative estimate of drug-likeness (QED) is 0.708. The number of amides is 1. The van der Waals surface area contributed by atoms with Gasteiger partial charge < -0.3 is 5.32 Å². The summed E-state index contributed by atoms with van der Waals surface area (Å²) in [6.07, 6.45) is 3.15. The third kappa shape index (κ3) is 3.81. The van der Waals surface area contributed by atoms with Gasteiger partial charge in [0.05, 0.1) is 5.25 Å². The molecule has 0 bridgehead atoms. The van der Waals surface area contributed by atoms with Crippen molar-refractivity contribution in [3.63, 3.8) is 0 Å². The van der Waals surface area contributed by atoms with Crippen LogP contribution in [0.3, 0.4) is 0 Å². The van der Waals surface area contributed by atoms with Crippen LogP contribution in [0.5, 0.6) is 0 Å². The van der Waals surface area contributed by atoms with E-state index in [-0.39, 0.29) is 11.2 Å². The van der Waals surface area contributed by atoms with E-state index in [1.165, 1.54) is 12.2 Å². The monoisotopic (exact) mass is 219 g/mol. The molecule has 1 aliphatic rings. The van der Waals surface area contributed by atoms with E-state index in [9.17, 15) is 4.79 Å². The predicted molar refractivity (Wildman–Crippen MR) is 61.6 cm³/mol. The second-order valence-corrected chi connectivity index (χ2v) is 5.12. The Kier molecular flexibility index (Phi) is 5.02. The zero-order valence-corrected chi connectivity index (χ0v) is 9.66. The summed E-state index contributed by atoms with van der Waals surface area (Å²) in [5, 5.41) is 2.90. The van der Waals surface area contributed by atoms with Gasteiger partial charge >= 0.3 is 0 Å². The van der Waals surface area contributed by atoms with Gasteiger partial charge in [-0.1, -0.05) is 6.92 Å². The van der Waals surface area contributed by atoms with Crippen LogP contribution in [0.25, 0.3) is 0 Å². The number of thioether (sulfide) groups is 1. The second kappa shape index (κ2) is 5.81. The van der Waals surface area contributed by atoms with Crippen LogP contribution < -0.4 is 5.32 Å². The molecular formula is C9H17NOS2. The Morgan fingerprint density at radius 1 is 1.77 bits per heavy atom. The van der Waals surface area contributed by atoms with E-state index >= 15 is 0 Å². The number of carbonyl (C=O) groups excluding carboxylic acids is 1. The molecule has 1 amide bonds. The summed E-state index contributed by atoms with van der Waals surface area (Å²) in [5.74, 6) is 2.40. The molecule has 0 spiro atoms. The molecule has 0 aromatic carbocycles. The van der Waals surface area contributed by atoms with Gasteiger partial charge in [-0.2, -0.15) is 24.4 Å². The predicted octanol–water partition coefficient (Wildman–Crippen LogP) is 1.71. The fourth-order valence-corrected chi connectivity index (χ4v) is 2.48. The molecule has 1 aliphatic heterocycles. The van der Waals surface area contributed by atoms with E-state index in [0.717, 1.165) is 18.6 Å². The van der Waals surface area contributed by atoms with Crippen LogP contribution in [-0.2, 0) is 4.79 Å². The zero-order valence-electron chi connectivity index (χ0n) is 7.95. The number of nitrogens with one attached hydrogen (secondary N) is 1. The van der Waals surface area contributed by atoms with Crippen molar-refractivity contribution in [1.82, 2.24) is 5.32 Å². The molecule has 13 heavy (non-hydrogen) atoms. The van der Waals surface area contributed by atoms with Crippen LogP contribution >= 0.6 is 24.4 Å². The highest BCUT2D eigenvalue weighted by Crippen LogP contribution is 2.17. The summed E-state index contributed by atoms with van der Waals surface area (Å²) >= 11 is 6.13. The van der Waals surface area contributed by atoms with Crippen LogP contribution in [-0.4, -0.2) is 28.7 Å². The first kappa shape index (κ1) is 11.2. The molecule has 4 heteroatoms. The maximum absolute atomic E-state index is 11.4. The molecule has 2 nitrogen and oxygen atoms in total. The van der Waals surface area contributed by atoms with Crippen molar-refractivity contribution in [1.29, 1.82) is 0 Å². The van der Waals surface area contributed by atoms with Gasteiger partial charge in [-0.25, -0.2) is 0 Å². The molecular weight excluding hydrogens is 202 g/mol. The lowest BCUT2D eigenvalue weighted by Gasteiger charge is -2.23. The van der Waals surface area contributed by atoms with Gasteiger partial charge in [0, 0.05) is 11.8 Å². The molecule has 1 rings (SSSR count). The molecule has 1 fully saturated rings. The van der Waals surface area contributed by atoms with Crippen LogP contribution in [0.2, 0.25) is 0 Å². The lowest BCUT2D eigenvalue weighted by molar-refractivity contribution is -0.121. The highest BCUT2D eigenvalue weighted by Gasteiger charge is 2.18. The number of carbonyl (C=O) groups is 1. The minimum absolute atomic E-state index is 0.0957. The van der Waals surface area contributed by atoms with E-state index in [4.69, 9.17) is 0 Å². The fourth-order valence-electron chi connectivity index (χ4n) is 1.34. The third-order valence-electron chi connectivity index (χ3n) is 2.20. The SMILES string of the molecule is CCC(S)C(=O)NC1CCCSC1. The van der Waals surface area contributed by atoms with Gasteiger partial charge in [0.15, 0.2) is 0 Å². The van der Waals surface area contributed by atoms with Crippen molar-refractivity contribution in [3.05, 3.63) is 0 Å². The number of rotatable bonds is 3. The third-order valence-corrected chi connectivity index (χ3v) is 4.01. The van der Waals surface area contributed by atoms with Crippen molar-refractivity contribution < 1.29 is 4.79 Å². The van der Waals surface area contributed by atoms with E-state index in [2.05, 4.69) is 17.9 Å². The maximum atomic E-state index is 11.4. The van der Waals surface area contributed by atoms with Gasteiger partial charge in [-0.05, 0) is 25.0 Å².